The van der Waals surface area contributed by atoms with Gasteiger partial charge in [-0.1, -0.05) is 18.9 Å². The van der Waals surface area contributed by atoms with Crippen molar-refractivity contribution in [1.82, 2.24) is 0 Å². The monoisotopic (exact) mass is 231 g/mol. The van der Waals surface area contributed by atoms with E-state index >= 15 is 0 Å². The van der Waals surface area contributed by atoms with Crippen LogP contribution < -0.4 is 10.5 Å². The highest BCUT2D eigenvalue weighted by Crippen LogP contribution is 2.27. The number of nitrogens with two attached hydrogens (primary N) is 1. The summed E-state index contributed by atoms with van der Waals surface area (Å²) in [6, 6.07) is 5.85. The molecule has 0 saturated heterocycles. The van der Waals surface area contributed by atoms with Gasteiger partial charge in [-0.2, -0.15) is 0 Å². The summed E-state index contributed by atoms with van der Waals surface area (Å²) in [5.74, 6) is 1.70. The summed E-state index contributed by atoms with van der Waals surface area (Å²) in [6.07, 6.45) is 8.03. The zero-order valence-corrected chi connectivity index (χ0v) is 10.3. The lowest BCUT2D eigenvalue weighted by Gasteiger charge is -2.14. The van der Waals surface area contributed by atoms with Crippen LogP contribution in [0.4, 0.5) is 5.69 Å². The largest absolute Gasteiger partial charge is 0.493 e. The van der Waals surface area contributed by atoms with Crippen LogP contribution in [-0.2, 0) is 6.42 Å². The smallest absolute Gasteiger partial charge is 0.122 e. The molecule has 2 N–H and O–H groups in total. The lowest BCUT2D eigenvalue weighted by Crippen LogP contribution is -2.09. The molecule has 92 valence electrons. The Hall–Kier alpha value is -1.44. The Morgan fingerprint density at radius 2 is 2.12 bits per heavy atom. The van der Waals surface area contributed by atoms with Crippen molar-refractivity contribution in [2.24, 2.45) is 5.92 Å². The van der Waals surface area contributed by atoms with Gasteiger partial charge < -0.3 is 10.5 Å². The number of hydrogen-bond donors (Lipinski definition) is 1. The van der Waals surface area contributed by atoms with Crippen LogP contribution in [0.1, 0.15) is 31.2 Å². The van der Waals surface area contributed by atoms with Gasteiger partial charge in [0.05, 0.1) is 6.61 Å². The summed E-state index contributed by atoms with van der Waals surface area (Å²) >= 11 is 0. The van der Waals surface area contributed by atoms with Gasteiger partial charge in [0.15, 0.2) is 0 Å². The van der Waals surface area contributed by atoms with E-state index in [-0.39, 0.29) is 0 Å². The third-order valence-electron chi connectivity index (χ3n) is 3.40. The van der Waals surface area contributed by atoms with Crippen LogP contribution in [0.25, 0.3) is 0 Å². The van der Waals surface area contributed by atoms with E-state index in [4.69, 9.17) is 10.5 Å². The van der Waals surface area contributed by atoms with Gasteiger partial charge in [0.1, 0.15) is 5.75 Å². The van der Waals surface area contributed by atoms with Crippen molar-refractivity contribution in [3.05, 3.63) is 36.4 Å². The third-order valence-corrected chi connectivity index (χ3v) is 3.40. The molecule has 1 aromatic rings. The first-order valence-electron chi connectivity index (χ1n) is 6.41. The number of allylic oxidation sites excluding steroid dienone is 1. The Morgan fingerprint density at radius 1 is 1.35 bits per heavy atom. The first-order valence-corrected chi connectivity index (χ1v) is 6.41. The molecule has 0 aromatic heterocycles. The predicted octanol–water partition coefficient (Wildman–Crippen LogP) is 3.57. The fourth-order valence-corrected chi connectivity index (χ4v) is 2.44. The fraction of sp³-hybridized carbons (Fsp3) is 0.467. The van der Waals surface area contributed by atoms with E-state index in [0.717, 1.165) is 35.9 Å². The molecule has 0 amide bonds. The summed E-state index contributed by atoms with van der Waals surface area (Å²) in [7, 11) is 0. The second-order valence-electron chi connectivity index (χ2n) is 4.82. The fourth-order valence-electron chi connectivity index (χ4n) is 2.44. The van der Waals surface area contributed by atoms with Crippen LogP contribution in [0.5, 0.6) is 5.75 Å². The van der Waals surface area contributed by atoms with E-state index in [9.17, 15) is 0 Å². The molecule has 2 heteroatoms. The van der Waals surface area contributed by atoms with E-state index in [1.54, 1.807) is 0 Å². The number of anilines is 1. The second kappa shape index (κ2) is 5.76. The zero-order chi connectivity index (χ0) is 12.1. The molecule has 0 heterocycles. The third kappa shape index (κ3) is 3.26. The molecule has 2 nitrogen and oxygen atoms in total. The average molecular weight is 231 g/mol. The molecular weight excluding hydrogens is 210 g/mol. The van der Waals surface area contributed by atoms with Gasteiger partial charge in [0.25, 0.3) is 0 Å². The van der Waals surface area contributed by atoms with Gasteiger partial charge >= 0.3 is 0 Å². The molecule has 1 aliphatic carbocycles. The van der Waals surface area contributed by atoms with Crippen LogP contribution in [0.3, 0.4) is 0 Å². The minimum absolute atomic E-state index is 0.740. The van der Waals surface area contributed by atoms with E-state index in [1.165, 1.54) is 25.7 Å². The Morgan fingerprint density at radius 3 is 2.82 bits per heavy atom. The van der Waals surface area contributed by atoms with E-state index in [2.05, 4.69) is 6.58 Å². The summed E-state index contributed by atoms with van der Waals surface area (Å²) < 4.78 is 5.93. The lowest BCUT2D eigenvalue weighted by atomic mass is 10.1. The van der Waals surface area contributed by atoms with Gasteiger partial charge in [-0.25, -0.2) is 0 Å². The maximum Gasteiger partial charge on any atom is 0.122 e. The highest BCUT2D eigenvalue weighted by molar-refractivity contribution is 5.48. The Labute approximate surface area is 103 Å². The number of rotatable bonds is 5. The van der Waals surface area contributed by atoms with Gasteiger partial charge in [-0.05, 0) is 48.9 Å². The van der Waals surface area contributed by atoms with Gasteiger partial charge in [0, 0.05) is 5.69 Å². The van der Waals surface area contributed by atoms with Crippen molar-refractivity contribution in [1.29, 1.82) is 0 Å². The molecule has 1 saturated carbocycles. The Bertz CT molecular complexity index is 381. The predicted molar refractivity (Wildman–Crippen MR) is 72.2 cm³/mol. The molecule has 2 rings (SSSR count). The summed E-state index contributed by atoms with van der Waals surface area (Å²) in [5, 5.41) is 0. The summed E-state index contributed by atoms with van der Waals surface area (Å²) in [6.45, 7) is 4.61. The molecule has 0 atom stereocenters. The number of nitrogen functional groups attached to an aromatic ring is 1. The molecule has 0 aliphatic heterocycles. The van der Waals surface area contributed by atoms with E-state index < -0.39 is 0 Å². The quantitative estimate of drug-likeness (QED) is 0.621. The van der Waals surface area contributed by atoms with Crippen molar-refractivity contribution >= 4 is 5.69 Å². The Balaban J connectivity index is 2.00. The number of benzene rings is 1. The summed E-state index contributed by atoms with van der Waals surface area (Å²) in [4.78, 5) is 0. The Kier molecular flexibility index (Phi) is 4.08. The van der Waals surface area contributed by atoms with Crippen LogP contribution in [0.2, 0.25) is 0 Å². The molecular formula is C15H21NO. The topological polar surface area (TPSA) is 35.2 Å². The zero-order valence-electron chi connectivity index (χ0n) is 10.3. The van der Waals surface area contributed by atoms with Crippen molar-refractivity contribution in [2.75, 3.05) is 12.3 Å². The van der Waals surface area contributed by atoms with Crippen LogP contribution in [0, 0.1) is 5.92 Å². The molecule has 1 aliphatic rings. The second-order valence-corrected chi connectivity index (χ2v) is 4.82. The lowest BCUT2D eigenvalue weighted by molar-refractivity contribution is 0.250. The number of ether oxygens (including phenoxy) is 1. The SMILES string of the molecule is C=CCc1cc(N)ccc1OCC1CCCC1. The van der Waals surface area contributed by atoms with E-state index in [0.29, 0.717) is 0 Å². The highest BCUT2D eigenvalue weighted by Gasteiger charge is 2.16. The summed E-state index contributed by atoms with van der Waals surface area (Å²) in [5.41, 5.74) is 7.71. The van der Waals surface area contributed by atoms with Crippen molar-refractivity contribution in [3.8, 4) is 5.75 Å². The first-order chi connectivity index (χ1) is 8.29. The van der Waals surface area contributed by atoms with Gasteiger partial charge in [-0.3, -0.25) is 0 Å². The minimum atomic E-state index is 0.740. The van der Waals surface area contributed by atoms with Gasteiger partial charge in [-0.15, -0.1) is 6.58 Å². The normalized spacial score (nSPS) is 16.0. The molecule has 0 radical (unpaired) electrons. The van der Waals surface area contributed by atoms with Crippen molar-refractivity contribution in [3.63, 3.8) is 0 Å². The van der Waals surface area contributed by atoms with Crippen molar-refractivity contribution in [2.45, 2.75) is 32.1 Å². The molecule has 1 fully saturated rings. The standard InChI is InChI=1S/C15H21NO/c1-2-5-13-10-14(16)8-9-15(13)17-11-12-6-3-4-7-12/h2,8-10,12H,1,3-7,11,16H2. The molecule has 0 spiro atoms. The highest BCUT2D eigenvalue weighted by atomic mass is 16.5. The maximum atomic E-state index is 5.93. The number of hydrogen-bond acceptors (Lipinski definition) is 2. The van der Waals surface area contributed by atoms with Crippen LogP contribution in [-0.4, -0.2) is 6.61 Å². The molecule has 0 bridgehead atoms. The average Bonchev–Trinajstić information content (AvgIpc) is 2.81. The molecule has 17 heavy (non-hydrogen) atoms. The molecule has 1 aromatic carbocycles. The molecule has 0 unspecified atom stereocenters. The minimum Gasteiger partial charge on any atom is -0.493 e. The van der Waals surface area contributed by atoms with Gasteiger partial charge in [0.2, 0.25) is 0 Å². The van der Waals surface area contributed by atoms with Crippen LogP contribution >= 0.6 is 0 Å². The van der Waals surface area contributed by atoms with Crippen LogP contribution in [0.15, 0.2) is 30.9 Å². The maximum absolute atomic E-state index is 5.93. The first kappa shape index (κ1) is 12.0. The van der Waals surface area contributed by atoms with E-state index in [1.807, 2.05) is 24.3 Å². The van der Waals surface area contributed by atoms with Crippen molar-refractivity contribution < 1.29 is 4.74 Å².